The van der Waals surface area contributed by atoms with Crippen molar-refractivity contribution in [3.63, 3.8) is 0 Å². The monoisotopic (exact) mass is 492 g/mol. The van der Waals surface area contributed by atoms with Gasteiger partial charge in [-0.05, 0) is 87.1 Å². The summed E-state index contributed by atoms with van der Waals surface area (Å²) in [7, 11) is 3.33. The van der Waals surface area contributed by atoms with E-state index in [9.17, 15) is 15.0 Å². The summed E-state index contributed by atoms with van der Waals surface area (Å²) >= 11 is 0. The molecule has 0 spiro atoms. The van der Waals surface area contributed by atoms with E-state index in [-0.39, 0.29) is 0 Å². The summed E-state index contributed by atoms with van der Waals surface area (Å²) in [6, 6.07) is 25.5. The molecule has 0 aliphatic heterocycles. The standard InChI is InChI=1S/C32H28O5/c1-36-25-11-14-26-22(17-25)18-29(37-2)30-27-13-10-24(16-21(27)8-12-28(26)30)32(35,31(33)34)23-9-7-19-5-3-4-6-20(19)15-23/h3-9,11-12,14-15,17-18,24,35H,10,13,16H2,1-2H3,(H,33,34). The number of aliphatic hydroxyl groups is 1. The highest BCUT2D eigenvalue weighted by Crippen LogP contribution is 2.45. The third-order valence-corrected chi connectivity index (χ3v) is 8.03. The Bertz CT molecular complexity index is 1690. The Kier molecular flexibility index (Phi) is 5.54. The molecule has 5 nitrogen and oxygen atoms in total. The van der Waals surface area contributed by atoms with Gasteiger partial charge in [-0.3, -0.25) is 0 Å². The Morgan fingerprint density at radius 1 is 0.865 bits per heavy atom. The Morgan fingerprint density at radius 3 is 2.41 bits per heavy atom. The molecule has 0 amide bonds. The zero-order valence-electron chi connectivity index (χ0n) is 20.8. The molecule has 0 fully saturated rings. The van der Waals surface area contributed by atoms with Crippen molar-refractivity contribution in [3.05, 3.63) is 95.6 Å². The van der Waals surface area contributed by atoms with E-state index in [0.717, 1.165) is 54.9 Å². The minimum Gasteiger partial charge on any atom is -0.497 e. The maximum Gasteiger partial charge on any atom is 0.340 e. The molecule has 0 bridgehead atoms. The van der Waals surface area contributed by atoms with Crippen molar-refractivity contribution < 1.29 is 24.5 Å². The Morgan fingerprint density at radius 2 is 1.65 bits per heavy atom. The van der Waals surface area contributed by atoms with Gasteiger partial charge in [-0.1, -0.05) is 54.6 Å². The van der Waals surface area contributed by atoms with E-state index in [4.69, 9.17) is 9.47 Å². The van der Waals surface area contributed by atoms with Gasteiger partial charge >= 0.3 is 5.97 Å². The van der Waals surface area contributed by atoms with Crippen LogP contribution in [0.2, 0.25) is 0 Å². The second-order valence-electron chi connectivity index (χ2n) is 9.86. The van der Waals surface area contributed by atoms with Gasteiger partial charge in [-0.25, -0.2) is 4.79 Å². The zero-order valence-corrected chi connectivity index (χ0v) is 20.8. The highest BCUT2D eigenvalue weighted by molar-refractivity contribution is 6.12. The van der Waals surface area contributed by atoms with Gasteiger partial charge < -0.3 is 19.7 Å². The normalized spacial score (nSPS) is 16.9. The second-order valence-corrected chi connectivity index (χ2v) is 9.86. The number of aryl methyl sites for hydroxylation is 1. The fourth-order valence-corrected chi connectivity index (χ4v) is 6.08. The number of carboxylic acid groups (broad SMARTS) is 1. The molecule has 186 valence electrons. The van der Waals surface area contributed by atoms with Crippen LogP contribution in [0.25, 0.3) is 32.3 Å². The number of carboxylic acids is 1. The van der Waals surface area contributed by atoms with Crippen molar-refractivity contribution in [1.82, 2.24) is 0 Å². The average Bonchev–Trinajstić information content (AvgIpc) is 2.94. The van der Waals surface area contributed by atoms with Crippen LogP contribution in [-0.2, 0) is 23.2 Å². The van der Waals surface area contributed by atoms with E-state index in [1.165, 1.54) is 0 Å². The zero-order chi connectivity index (χ0) is 25.7. The number of ether oxygens (including phenoxy) is 2. The van der Waals surface area contributed by atoms with E-state index in [1.807, 2.05) is 54.6 Å². The fraction of sp³-hybridized carbons (Fsp3) is 0.219. The van der Waals surface area contributed by atoms with Crippen LogP contribution in [0.3, 0.4) is 0 Å². The quantitative estimate of drug-likeness (QED) is 0.284. The number of hydrogen-bond acceptors (Lipinski definition) is 4. The third-order valence-electron chi connectivity index (χ3n) is 8.03. The van der Waals surface area contributed by atoms with Gasteiger partial charge in [0.1, 0.15) is 11.5 Å². The van der Waals surface area contributed by atoms with Gasteiger partial charge in [0.05, 0.1) is 14.2 Å². The van der Waals surface area contributed by atoms with Crippen LogP contribution in [0.5, 0.6) is 11.5 Å². The van der Waals surface area contributed by atoms with Crippen LogP contribution in [-0.4, -0.2) is 30.4 Å². The summed E-state index contributed by atoms with van der Waals surface area (Å²) in [5.41, 5.74) is 0.649. The number of hydrogen-bond donors (Lipinski definition) is 2. The summed E-state index contributed by atoms with van der Waals surface area (Å²) in [4.78, 5) is 12.6. The predicted octanol–water partition coefficient (Wildman–Crippen LogP) is 6.24. The molecule has 5 heteroatoms. The van der Waals surface area contributed by atoms with Crippen molar-refractivity contribution in [2.75, 3.05) is 14.2 Å². The van der Waals surface area contributed by atoms with Crippen LogP contribution in [0.4, 0.5) is 0 Å². The van der Waals surface area contributed by atoms with Gasteiger partial charge in [-0.15, -0.1) is 0 Å². The molecule has 0 saturated heterocycles. The maximum atomic E-state index is 12.6. The first-order valence-corrected chi connectivity index (χ1v) is 12.5. The molecule has 6 rings (SSSR count). The van der Waals surface area contributed by atoms with Gasteiger partial charge in [0.25, 0.3) is 0 Å². The third kappa shape index (κ3) is 3.61. The number of methoxy groups -OCH3 is 2. The van der Waals surface area contributed by atoms with Crippen molar-refractivity contribution in [3.8, 4) is 11.5 Å². The molecule has 2 atom stereocenters. The molecule has 0 heterocycles. The number of aliphatic carboxylic acids is 1. The van der Waals surface area contributed by atoms with Crippen molar-refractivity contribution in [2.45, 2.75) is 24.9 Å². The minimum atomic E-state index is -1.99. The average molecular weight is 493 g/mol. The van der Waals surface area contributed by atoms with Gasteiger partial charge in [0, 0.05) is 11.3 Å². The lowest BCUT2D eigenvalue weighted by atomic mass is 9.70. The summed E-state index contributed by atoms with van der Waals surface area (Å²) < 4.78 is 11.2. The van der Waals surface area contributed by atoms with Crippen LogP contribution in [0.15, 0.2) is 78.9 Å². The number of benzene rings is 5. The molecule has 5 aromatic carbocycles. The van der Waals surface area contributed by atoms with Crippen molar-refractivity contribution >= 4 is 38.3 Å². The highest BCUT2D eigenvalue weighted by atomic mass is 16.5. The number of rotatable bonds is 5. The van der Waals surface area contributed by atoms with E-state index in [2.05, 4.69) is 18.2 Å². The Balaban J connectivity index is 1.46. The van der Waals surface area contributed by atoms with Crippen LogP contribution in [0, 0.1) is 5.92 Å². The lowest BCUT2D eigenvalue weighted by Crippen LogP contribution is -2.45. The summed E-state index contributed by atoms with van der Waals surface area (Å²) in [5, 5.41) is 28.3. The van der Waals surface area contributed by atoms with Crippen LogP contribution < -0.4 is 9.47 Å². The first-order valence-electron chi connectivity index (χ1n) is 12.5. The molecule has 1 aliphatic carbocycles. The summed E-state index contributed by atoms with van der Waals surface area (Å²) in [6.45, 7) is 0. The number of carbonyl (C=O) groups is 1. The highest BCUT2D eigenvalue weighted by Gasteiger charge is 2.47. The molecule has 1 aliphatic rings. The lowest BCUT2D eigenvalue weighted by molar-refractivity contribution is -0.167. The Hall–Kier alpha value is -4.09. The van der Waals surface area contributed by atoms with E-state index >= 15 is 0 Å². The second kappa shape index (κ2) is 8.79. The molecular formula is C32H28O5. The summed E-state index contributed by atoms with van der Waals surface area (Å²) in [6.07, 6.45) is 1.66. The largest absolute Gasteiger partial charge is 0.497 e. The molecule has 0 aromatic heterocycles. The molecule has 2 N–H and O–H groups in total. The molecule has 37 heavy (non-hydrogen) atoms. The fourth-order valence-electron chi connectivity index (χ4n) is 6.08. The first-order chi connectivity index (χ1) is 17.9. The number of fused-ring (bicyclic) bond motifs is 6. The van der Waals surface area contributed by atoms with Crippen molar-refractivity contribution in [1.29, 1.82) is 0 Å². The minimum absolute atomic E-state index is 0.422. The van der Waals surface area contributed by atoms with E-state index < -0.39 is 17.5 Å². The van der Waals surface area contributed by atoms with Crippen LogP contribution >= 0.6 is 0 Å². The maximum absolute atomic E-state index is 12.6. The van der Waals surface area contributed by atoms with Gasteiger partial charge in [0.2, 0.25) is 0 Å². The molecule has 0 radical (unpaired) electrons. The molecular weight excluding hydrogens is 464 g/mol. The molecule has 0 saturated carbocycles. The smallest absolute Gasteiger partial charge is 0.340 e. The lowest BCUT2D eigenvalue weighted by Gasteiger charge is -2.37. The SMILES string of the molecule is COc1ccc2c(c1)cc(OC)c1c3c(ccc12)CC(C(O)(C(=O)O)c1ccc2ccccc2c1)CC3. The molecule has 5 aromatic rings. The van der Waals surface area contributed by atoms with E-state index in [0.29, 0.717) is 24.8 Å². The van der Waals surface area contributed by atoms with Gasteiger partial charge in [-0.2, -0.15) is 0 Å². The first kappa shape index (κ1) is 23.3. The van der Waals surface area contributed by atoms with Crippen LogP contribution in [0.1, 0.15) is 23.1 Å². The van der Waals surface area contributed by atoms with Crippen molar-refractivity contribution in [2.24, 2.45) is 5.92 Å². The van der Waals surface area contributed by atoms with Gasteiger partial charge in [0.15, 0.2) is 5.60 Å². The van der Waals surface area contributed by atoms with E-state index in [1.54, 1.807) is 20.3 Å². The topological polar surface area (TPSA) is 76.0 Å². The Labute approximate surface area is 214 Å². The predicted molar refractivity (Wildman–Crippen MR) is 146 cm³/mol. The molecule has 2 unspecified atom stereocenters. The summed E-state index contributed by atoms with van der Waals surface area (Å²) in [5.74, 6) is -0.105.